The number of rotatable bonds is 9. The molecule has 10 heteroatoms. The van der Waals surface area contributed by atoms with Crippen molar-refractivity contribution >= 4 is 27.6 Å². The van der Waals surface area contributed by atoms with Crippen LogP contribution < -0.4 is 10.1 Å². The highest BCUT2D eigenvalue weighted by atomic mass is 19.1. The maximum Gasteiger partial charge on any atom is 0.159 e. The molecule has 3 N–H and O–H groups in total. The molecule has 0 spiro atoms. The van der Waals surface area contributed by atoms with E-state index < -0.39 is 0 Å². The van der Waals surface area contributed by atoms with E-state index in [-0.39, 0.29) is 11.9 Å². The molecule has 0 bridgehead atoms. The van der Waals surface area contributed by atoms with Crippen molar-refractivity contribution in [3.05, 3.63) is 72.9 Å². The number of aromatic amines is 2. The molecule has 0 aliphatic carbocycles. The topological polar surface area (TPSA) is 108 Å². The lowest BCUT2D eigenvalue weighted by atomic mass is 10.0. The quantitative estimate of drug-likeness (QED) is 0.177. The molecule has 0 saturated carbocycles. The first kappa shape index (κ1) is 27.0. The van der Waals surface area contributed by atoms with Crippen molar-refractivity contribution in [1.29, 1.82) is 0 Å². The first-order valence-corrected chi connectivity index (χ1v) is 14.7. The zero-order chi connectivity index (χ0) is 29.3. The third-order valence-corrected chi connectivity index (χ3v) is 7.73. The van der Waals surface area contributed by atoms with Crippen LogP contribution >= 0.6 is 0 Å². The average Bonchev–Trinajstić information content (AvgIpc) is 3.76. The molecule has 5 heterocycles. The fourth-order valence-corrected chi connectivity index (χ4v) is 5.73. The van der Waals surface area contributed by atoms with Crippen molar-refractivity contribution in [3.8, 4) is 39.7 Å². The van der Waals surface area contributed by atoms with Gasteiger partial charge in [0, 0.05) is 47.6 Å². The number of nitrogens with one attached hydrogen (secondary N) is 3. The molecule has 0 atom stereocenters. The van der Waals surface area contributed by atoms with Crippen molar-refractivity contribution in [2.75, 3.05) is 31.6 Å². The van der Waals surface area contributed by atoms with Crippen LogP contribution in [0.25, 0.3) is 55.8 Å². The summed E-state index contributed by atoms with van der Waals surface area (Å²) >= 11 is 0. The summed E-state index contributed by atoms with van der Waals surface area (Å²) in [7, 11) is 0. The fraction of sp³-hybridized carbons (Fsp3) is 0.273. The van der Waals surface area contributed by atoms with Crippen LogP contribution in [0, 0.1) is 5.82 Å². The minimum absolute atomic E-state index is 0.289. The van der Waals surface area contributed by atoms with Gasteiger partial charge >= 0.3 is 0 Å². The van der Waals surface area contributed by atoms with Gasteiger partial charge in [-0.2, -0.15) is 5.10 Å². The Hall–Kier alpha value is -4.83. The van der Waals surface area contributed by atoms with Crippen molar-refractivity contribution in [1.82, 2.24) is 35.0 Å². The minimum atomic E-state index is -0.345. The summed E-state index contributed by atoms with van der Waals surface area (Å²) in [6.07, 6.45) is 7.84. The van der Waals surface area contributed by atoms with Crippen LogP contribution in [-0.2, 0) is 0 Å². The second-order valence-electron chi connectivity index (χ2n) is 11.3. The van der Waals surface area contributed by atoms with Crippen LogP contribution in [-0.4, -0.2) is 67.3 Å². The Labute approximate surface area is 248 Å². The van der Waals surface area contributed by atoms with Crippen LogP contribution in [0.5, 0.6) is 5.75 Å². The van der Waals surface area contributed by atoms with Crippen molar-refractivity contribution in [2.45, 2.75) is 32.7 Å². The highest BCUT2D eigenvalue weighted by Crippen LogP contribution is 2.34. The van der Waals surface area contributed by atoms with Gasteiger partial charge in [-0.25, -0.2) is 9.37 Å². The number of aromatic nitrogens is 6. The number of H-pyrrole nitrogens is 2. The fourth-order valence-electron chi connectivity index (χ4n) is 5.73. The van der Waals surface area contributed by atoms with Crippen molar-refractivity contribution in [3.63, 3.8) is 0 Å². The van der Waals surface area contributed by atoms with Gasteiger partial charge in [-0.1, -0.05) is 12.1 Å². The van der Waals surface area contributed by atoms with Gasteiger partial charge < -0.3 is 15.0 Å². The van der Waals surface area contributed by atoms with Gasteiger partial charge in [0.25, 0.3) is 0 Å². The highest BCUT2D eigenvalue weighted by Gasteiger charge is 2.18. The van der Waals surface area contributed by atoms with Gasteiger partial charge in [-0.3, -0.25) is 20.0 Å². The van der Waals surface area contributed by atoms with Gasteiger partial charge in [0.1, 0.15) is 23.9 Å². The Kier molecular flexibility index (Phi) is 7.20. The molecule has 2 aromatic carbocycles. The van der Waals surface area contributed by atoms with E-state index in [0.29, 0.717) is 29.4 Å². The van der Waals surface area contributed by atoms with E-state index in [0.717, 1.165) is 64.1 Å². The van der Waals surface area contributed by atoms with Crippen LogP contribution in [0.2, 0.25) is 0 Å². The summed E-state index contributed by atoms with van der Waals surface area (Å²) in [5, 5.41) is 11.9. The molecule has 4 aromatic heterocycles. The number of hydrogen-bond acceptors (Lipinski definition) is 7. The molecule has 1 fully saturated rings. The molecule has 7 rings (SSSR count). The second kappa shape index (κ2) is 11.4. The lowest BCUT2D eigenvalue weighted by molar-refractivity contribution is 0.237. The SMILES string of the molecule is CC(C)Nc1cncc(-c2cc3c(-c4nc5c(-c6cc(F)cc(OCCN7CCCC7)c6)cccc5[nH]4)n[nH]c3cn2)c1. The number of pyridine rings is 2. The highest BCUT2D eigenvalue weighted by molar-refractivity contribution is 5.98. The monoisotopic (exact) mass is 576 g/mol. The standard InChI is InChI=1S/C33H33FN8O/c1-20(2)37-24-13-22(17-35-18-24)29-16-27-30(19-36-29)40-41-32(27)33-38-28-7-5-6-26(31(28)39-33)21-12-23(34)15-25(14-21)43-11-10-42-8-3-4-9-42/h5-7,12-20,37H,3-4,8-11H2,1-2H3,(H,38,39)(H,40,41). The third kappa shape index (κ3) is 5.65. The predicted octanol–water partition coefficient (Wildman–Crippen LogP) is 6.66. The van der Waals surface area contributed by atoms with Gasteiger partial charge in [0.15, 0.2) is 5.82 Å². The summed E-state index contributed by atoms with van der Waals surface area (Å²) in [6, 6.07) is 15.0. The zero-order valence-corrected chi connectivity index (χ0v) is 24.2. The van der Waals surface area contributed by atoms with E-state index >= 15 is 0 Å². The molecular formula is C33H33FN8O. The largest absolute Gasteiger partial charge is 0.492 e. The zero-order valence-electron chi connectivity index (χ0n) is 24.2. The number of anilines is 1. The summed E-state index contributed by atoms with van der Waals surface area (Å²) in [5.41, 5.74) is 7.17. The summed E-state index contributed by atoms with van der Waals surface area (Å²) in [6.45, 7) is 7.75. The van der Waals surface area contributed by atoms with Crippen LogP contribution in [0.4, 0.5) is 10.1 Å². The van der Waals surface area contributed by atoms with Crippen LogP contribution in [0.15, 0.2) is 67.1 Å². The van der Waals surface area contributed by atoms with Gasteiger partial charge in [-0.15, -0.1) is 0 Å². The maximum absolute atomic E-state index is 14.8. The molecule has 1 aliphatic rings. The van der Waals surface area contributed by atoms with E-state index in [2.05, 4.69) is 49.2 Å². The summed E-state index contributed by atoms with van der Waals surface area (Å²) < 4.78 is 20.7. The third-order valence-electron chi connectivity index (χ3n) is 7.73. The molecule has 1 saturated heterocycles. The molecule has 1 aliphatic heterocycles. The maximum atomic E-state index is 14.8. The molecule has 0 radical (unpaired) electrons. The Balaban J connectivity index is 1.21. The number of fused-ring (bicyclic) bond motifs is 2. The smallest absolute Gasteiger partial charge is 0.159 e. The Morgan fingerprint density at radius 3 is 2.74 bits per heavy atom. The average molecular weight is 577 g/mol. The van der Waals surface area contributed by atoms with Crippen LogP contribution in [0.3, 0.4) is 0 Å². The van der Waals surface area contributed by atoms with E-state index in [1.165, 1.54) is 25.0 Å². The Morgan fingerprint density at radius 2 is 1.88 bits per heavy atom. The number of likely N-dealkylation sites (tertiary alicyclic amines) is 1. The Morgan fingerprint density at radius 1 is 1.00 bits per heavy atom. The normalized spacial score (nSPS) is 13.9. The molecular weight excluding hydrogens is 543 g/mol. The predicted molar refractivity (Wildman–Crippen MR) is 168 cm³/mol. The number of nitrogens with zero attached hydrogens (tertiary/aromatic N) is 5. The van der Waals surface area contributed by atoms with Gasteiger partial charge in [-0.05, 0) is 75.7 Å². The lowest BCUT2D eigenvalue weighted by Crippen LogP contribution is -2.25. The Bertz CT molecular complexity index is 1910. The first-order chi connectivity index (χ1) is 21.0. The van der Waals surface area contributed by atoms with Crippen molar-refractivity contribution in [2.24, 2.45) is 0 Å². The summed E-state index contributed by atoms with van der Waals surface area (Å²) in [5.74, 6) is 0.780. The van der Waals surface area contributed by atoms with E-state index in [4.69, 9.17) is 9.72 Å². The second-order valence-corrected chi connectivity index (χ2v) is 11.3. The summed E-state index contributed by atoms with van der Waals surface area (Å²) in [4.78, 5) is 19.8. The number of para-hydroxylation sites is 1. The molecule has 218 valence electrons. The molecule has 6 aromatic rings. The molecule has 43 heavy (non-hydrogen) atoms. The van der Waals surface area contributed by atoms with Crippen molar-refractivity contribution < 1.29 is 9.13 Å². The number of hydrogen-bond donors (Lipinski definition) is 3. The molecule has 9 nitrogen and oxygen atoms in total. The number of halogens is 1. The number of ether oxygens (including phenoxy) is 1. The number of imidazole rings is 1. The van der Waals surface area contributed by atoms with E-state index in [1.54, 1.807) is 18.6 Å². The van der Waals surface area contributed by atoms with Gasteiger partial charge in [0.2, 0.25) is 0 Å². The van der Waals surface area contributed by atoms with E-state index in [9.17, 15) is 4.39 Å². The number of benzene rings is 2. The lowest BCUT2D eigenvalue weighted by Gasteiger charge is -2.15. The van der Waals surface area contributed by atoms with Crippen LogP contribution in [0.1, 0.15) is 26.7 Å². The molecule has 0 amide bonds. The van der Waals surface area contributed by atoms with Gasteiger partial charge in [0.05, 0.1) is 34.1 Å². The minimum Gasteiger partial charge on any atom is -0.492 e. The van der Waals surface area contributed by atoms with E-state index in [1.807, 2.05) is 36.4 Å². The first-order valence-electron chi connectivity index (χ1n) is 14.7. The molecule has 0 unspecified atom stereocenters.